The van der Waals surface area contributed by atoms with Crippen molar-refractivity contribution in [3.63, 3.8) is 0 Å². The molecule has 1 atom stereocenters. The van der Waals surface area contributed by atoms with Gasteiger partial charge in [-0.1, -0.05) is 13.0 Å². The minimum absolute atomic E-state index is 0.596. The third kappa shape index (κ3) is 5.97. The summed E-state index contributed by atoms with van der Waals surface area (Å²) in [6.07, 6.45) is 3.46. The molecule has 0 saturated carbocycles. The molecule has 0 amide bonds. The van der Waals surface area contributed by atoms with Crippen molar-refractivity contribution in [3.05, 3.63) is 23.8 Å². The van der Waals surface area contributed by atoms with Gasteiger partial charge in [-0.3, -0.25) is 0 Å². The van der Waals surface area contributed by atoms with Crippen LogP contribution in [0.5, 0.6) is 11.5 Å². The molecule has 3 heteroatoms. The van der Waals surface area contributed by atoms with Crippen LogP contribution < -0.4 is 14.8 Å². The van der Waals surface area contributed by atoms with Crippen molar-refractivity contribution in [2.24, 2.45) is 0 Å². The lowest BCUT2D eigenvalue weighted by Crippen LogP contribution is -2.25. The first-order valence-corrected chi connectivity index (χ1v) is 7.18. The predicted molar refractivity (Wildman–Crippen MR) is 80.2 cm³/mol. The Kier molecular flexibility index (Phi) is 7.34. The molecule has 1 rings (SSSR count). The van der Waals surface area contributed by atoms with Crippen LogP contribution in [0.15, 0.2) is 18.2 Å². The maximum Gasteiger partial charge on any atom is 0.161 e. The Labute approximate surface area is 117 Å². The normalized spacial score (nSPS) is 12.2. The lowest BCUT2D eigenvalue weighted by Gasteiger charge is -2.13. The van der Waals surface area contributed by atoms with Gasteiger partial charge in [0.15, 0.2) is 11.5 Å². The van der Waals surface area contributed by atoms with Crippen LogP contribution in [0.1, 0.15) is 38.7 Å². The van der Waals surface area contributed by atoms with Crippen LogP contribution in [0.2, 0.25) is 0 Å². The first-order valence-electron chi connectivity index (χ1n) is 7.18. The van der Waals surface area contributed by atoms with E-state index in [0.29, 0.717) is 6.04 Å². The lowest BCUT2D eigenvalue weighted by atomic mass is 10.1. The molecular weight excluding hydrogens is 238 g/mol. The monoisotopic (exact) mass is 265 g/mol. The first kappa shape index (κ1) is 15.8. The second-order valence-corrected chi connectivity index (χ2v) is 4.96. The van der Waals surface area contributed by atoms with Gasteiger partial charge in [0.2, 0.25) is 0 Å². The van der Waals surface area contributed by atoms with Gasteiger partial charge in [-0.2, -0.15) is 0 Å². The number of hydrogen-bond donors (Lipinski definition) is 1. The second kappa shape index (κ2) is 8.81. The fourth-order valence-corrected chi connectivity index (χ4v) is 2.08. The summed E-state index contributed by atoms with van der Waals surface area (Å²) < 4.78 is 11.1. The summed E-state index contributed by atoms with van der Waals surface area (Å²) in [5, 5.41) is 3.42. The Morgan fingerprint density at radius 2 is 2.00 bits per heavy atom. The minimum atomic E-state index is 0.596. The third-order valence-electron chi connectivity index (χ3n) is 3.16. The molecule has 0 aliphatic heterocycles. The van der Waals surface area contributed by atoms with Crippen LogP contribution in [-0.2, 0) is 0 Å². The zero-order chi connectivity index (χ0) is 14.1. The number of ether oxygens (including phenoxy) is 2. The Hall–Kier alpha value is -1.22. The summed E-state index contributed by atoms with van der Waals surface area (Å²) in [6, 6.07) is 6.63. The van der Waals surface area contributed by atoms with Crippen molar-refractivity contribution in [2.45, 2.75) is 46.1 Å². The number of methoxy groups -OCH3 is 1. The van der Waals surface area contributed by atoms with E-state index in [1.54, 1.807) is 7.11 Å². The summed E-state index contributed by atoms with van der Waals surface area (Å²) in [5.41, 5.74) is 1.18. The molecule has 1 aromatic rings. The fourth-order valence-electron chi connectivity index (χ4n) is 2.08. The third-order valence-corrected chi connectivity index (χ3v) is 3.16. The first-order chi connectivity index (χ1) is 9.17. The number of aryl methyl sites for hydroxylation is 1. The summed E-state index contributed by atoms with van der Waals surface area (Å²) >= 11 is 0. The summed E-state index contributed by atoms with van der Waals surface area (Å²) in [4.78, 5) is 0. The van der Waals surface area contributed by atoms with Gasteiger partial charge < -0.3 is 14.8 Å². The number of hydrogen-bond acceptors (Lipinski definition) is 3. The van der Waals surface area contributed by atoms with Crippen LogP contribution in [0.4, 0.5) is 0 Å². The zero-order valence-corrected chi connectivity index (χ0v) is 12.7. The van der Waals surface area contributed by atoms with E-state index in [2.05, 4.69) is 26.1 Å². The minimum Gasteiger partial charge on any atom is -0.493 e. The van der Waals surface area contributed by atoms with Crippen LogP contribution in [0.3, 0.4) is 0 Å². The van der Waals surface area contributed by atoms with Crippen molar-refractivity contribution in [3.8, 4) is 11.5 Å². The van der Waals surface area contributed by atoms with Gasteiger partial charge in [0.05, 0.1) is 13.7 Å². The lowest BCUT2D eigenvalue weighted by molar-refractivity contribution is 0.283. The van der Waals surface area contributed by atoms with Gasteiger partial charge in [-0.05, 0) is 57.4 Å². The maximum absolute atomic E-state index is 5.78. The predicted octanol–water partition coefficient (Wildman–Crippen LogP) is 3.55. The van der Waals surface area contributed by atoms with Crippen molar-refractivity contribution < 1.29 is 9.47 Å². The number of unbranched alkanes of at least 4 members (excludes halogenated alkanes) is 1. The quantitative estimate of drug-likeness (QED) is 0.693. The molecule has 0 aliphatic rings. The second-order valence-electron chi connectivity index (χ2n) is 4.96. The molecule has 0 spiro atoms. The van der Waals surface area contributed by atoms with Crippen molar-refractivity contribution in [2.75, 3.05) is 20.3 Å². The molecule has 1 unspecified atom stereocenters. The Morgan fingerprint density at radius 1 is 1.21 bits per heavy atom. The van der Waals surface area contributed by atoms with E-state index in [1.807, 2.05) is 18.2 Å². The highest BCUT2D eigenvalue weighted by atomic mass is 16.5. The maximum atomic E-state index is 5.78. The Morgan fingerprint density at radius 3 is 2.68 bits per heavy atom. The van der Waals surface area contributed by atoms with Gasteiger partial charge in [0, 0.05) is 6.04 Å². The largest absolute Gasteiger partial charge is 0.493 e. The van der Waals surface area contributed by atoms with Gasteiger partial charge in [0.25, 0.3) is 0 Å². The molecular formula is C16H27NO2. The Bertz CT molecular complexity index is 366. The molecule has 0 saturated heterocycles. The highest BCUT2D eigenvalue weighted by Crippen LogP contribution is 2.27. The molecule has 108 valence electrons. The molecule has 0 bridgehead atoms. The van der Waals surface area contributed by atoms with E-state index in [-0.39, 0.29) is 0 Å². The number of rotatable bonds is 9. The van der Waals surface area contributed by atoms with Crippen molar-refractivity contribution in [1.29, 1.82) is 0 Å². The molecule has 3 nitrogen and oxygen atoms in total. The van der Waals surface area contributed by atoms with Gasteiger partial charge in [0.1, 0.15) is 0 Å². The van der Waals surface area contributed by atoms with Crippen LogP contribution in [-0.4, -0.2) is 26.3 Å². The molecule has 0 radical (unpaired) electrons. The Balaban J connectivity index is 2.26. The summed E-state index contributed by atoms with van der Waals surface area (Å²) in [6.45, 7) is 8.21. The van der Waals surface area contributed by atoms with Gasteiger partial charge in [-0.15, -0.1) is 0 Å². The fraction of sp³-hybridized carbons (Fsp3) is 0.625. The summed E-state index contributed by atoms with van der Waals surface area (Å²) in [7, 11) is 1.68. The van der Waals surface area contributed by atoms with E-state index in [4.69, 9.17) is 9.47 Å². The molecule has 1 N–H and O–H groups in total. The standard InChI is InChI=1S/C16H27NO2/c1-5-17-14(3)8-6-7-11-19-15-10-9-13(2)12-16(15)18-4/h9-10,12,14,17H,5-8,11H2,1-4H3. The van der Waals surface area contributed by atoms with Crippen molar-refractivity contribution >= 4 is 0 Å². The van der Waals surface area contributed by atoms with Crippen LogP contribution in [0.25, 0.3) is 0 Å². The SMILES string of the molecule is CCNC(C)CCCCOc1ccc(C)cc1OC. The summed E-state index contributed by atoms with van der Waals surface area (Å²) in [5.74, 6) is 1.66. The van der Waals surface area contributed by atoms with E-state index in [9.17, 15) is 0 Å². The highest BCUT2D eigenvalue weighted by Gasteiger charge is 2.04. The average molecular weight is 265 g/mol. The van der Waals surface area contributed by atoms with E-state index < -0.39 is 0 Å². The van der Waals surface area contributed by atoms with Gasteiger partial charge >= 0.3 is 0 Å². The average Bonchev–Trinajstić information content (AvgIpc) is 2.40. The molecule has 0 heterocycles. The van der Waals surface area contributed by atoms with E-state index in [1.165, 1.54) is 18.4 Å². The number of nitrogens with one attached hydrogen (secondary N) is 1. The number of benzene rings is 1. The molecule has 0 aromatic heterocycles. The van der Waals surface area contributed by atoms with Crippen LogP contribution in [0, 0.1) is 6.92 Å². The van der Waals surface area contributed by atoms with Crippen LogP contribution >= 0.6 is 0 Å². The molecule has 1 aromatic carbocycles. The van der Waals surface area contributed by atoms with E-state index >= 15 is 0 Å². The van der Waals surface area contributed by atoms with Gasteiger partial charge in [-0.25, -0.2) is 0 Å². The highest BCUT2D eigenvalue weighted by molar-refractivity contribution is 5.42. The molecule has 0 aliphatic carbocycles. The molecule has 0 fully saturated rings. The van der Waals surface area contributed by atoms with Crippen molar-refractivity contribution in [1.82, 2.24) is 5.32 Å². The topological polar surface area (TPSA) is 30.5 Å². The smallest absolute Gasteiger partial charge is 0.161 e. The van der Waals surface area contributed by atoms with E-state index in [0.717, 1.165) is 31.1 Å². The zero-order valence-electron chi connectivity index (χ0n) is 12.7. The molecule has 19 heavy (non-hydrogen) atoms.